The Balaban J connectivity index is 1.61. The number of alkyl halides is 1. The molecule has 270 valence electrons. The maximum absolute atomic E-state index is 9.89. The van der Waals surface area contributed by atoms with E-state index in [1.54, 1.807) is 0 Å². The fourth-order valence-corrected chi connectivity index (χ4v) is 38.3. The van der Waals surface area contributed by atoms with Crippen molar-refractivity contribution in [3.63, 3.8) is 0 Å². The van der Waals surface area contributed by atoms with Crippen LogP contribution >= 0.6 is 36.1 Å². The first kappa shape index (κ1) is 36.7. The van der Waals surface area contributed by atoms with E-state index in [-0.39, 0.29) is 4.62 Å². The zero-order valence-corrected chi connectivity index (χ0v) is 34.0. The molecule has 4 heteroatoms. The molecule has 0 unspecified atom stereocenters. The van der Waals surface area contributed by atoms with Crippen LogP contribution < -0.4 is 0 Å². The van der Waals surface area contributed by atoms with Crippen molar-refractivity contribution in [2.24, 2.45) is 0 Å². The van der Waals surface area contributed by atoms with Crippen LogP contribution in [0.15, 0.2) is 35.4 Å². The van der Waals surface area contributed by atoms with Crippen molar-refractivity contribution in [3.8, 4) is 0 Å². The van der Waals surface area contributed by atoms with E-state index in [1.807, 2.05) is 5.06 Å². The molecule has 0 bridgehead atoms. The Labute approximate surface area is 307 Å². The minimum atomic E-state index is -3.33. The van der Waals surface area contributed by atoms with Crippen LogP contribution in [0, 0.1) is 0 Å². The summed E-state index contributed by atoms with van der Waals surface area (Å²) in [5.74, 6) is -3.33. The van der Waals surface area contributed by atoms with Crippen LogP contribution in [0.5, 0.6) is 0 Å². The van der Waals surface area contributed by atoms with E-state index in [4.69, 9.17) is 11.6 Å². The van der Waals surface area contributed by atoms with Crippen molar-refractivity contribution in [2.75, 3.05) is 0 Å². The summed E-state index contributed by atoms with van der Waals surface area (Å²) in [6.45, 7) is 0. The second kappa shape index (κ2) is 16.2. The number of benzene rings is 1. The molecule has 0 aliphatic heterocycles. The van der Waals surface area contributed by atoms with E-state index in [0.29, 0.717) is 11.3 Å². The third-order valence-electron chi connectivity index (χ3n) is 15.5. The van der Waals surface area contributed by atoms with E-state index < -0.39 is 13.2 Å². The van der Waals surface area contributed by atoms with Crippen molar-refractivity contribution < 1.29 is 0 Å². The fourth-order valence-electron chi connectivity index (χ4n) is 13.5. The summed E-state index contributed by atoms with van der Waals surface area (Å²) in [6, 6.07) is 11.8. The van der Waals surface area contributed by atoms with Gasteiger partial charge in [0, 0.05) is 0 Å². The topological polar surface area (TPSA) is 0 Å². The van der Waals surface area contributed by atoms with Crippen LogP contribution in [0.2, 0.25) is 0 Å². The maximum atomic E-state index is 9.89. The van der Waals surface area contributed by atoms with Crippen LogP contribution in [0.4, 0.5) is 0 Å². The first-order valence-corrected chi connectivity index (χ1v) is 27.3. The van der Waals surface area contributed by atoms with Crippen molar-refractivity contribution in [1.82, 2.24) is 0 Å². The molecule has 0 nitrogen and oxygen atoms in total. The summed E-state index contributed by atoms with van der Waals surface area (Å²) in [5, 5.41) is 2.02. The van der Waals surface area contributed by atoms with Gasteiger partial charge in [-0.1, -0.05) is 0 Å². The van der Waals surface area contributed by atoms with Crippen LogP contribution in [-0.4, -0.2) is 32.9 Å². The molecular weight excluding hydrogens is 661 g/mol. The molecule has 0 N–H and O–H groups in total. The number of hydrogen-bond donors (Lipinski definition) is 0. The Kier molecular flexibility index (Phi) is 12.4. The van der Waals surface area contributed by atoms with Crippen LogP contribution in [0.25, 0.3) is 6.08 Å². The minimum absolute atomic E-state index is 0.223. The van der Waals surface area contributed by atoms with Crippen LogP contribution in [0.3, 0.4) is 0 Å². The van der Waals surface area contributed by atoms with Gasteiger partial charge in [-0.2, -0.15) is 0 Å². The first-order valence-electron chi connectivity index (χ1n) is 21.6. The third kappa shape index (κ3) is 6.38. The molecule has 1 aromatic rings. The molecule has 6 saturated carbocycles. The van der Waals surface area contributed by atoms with E-state index >= 15 is 0 Å². The zero-order valence-electron chi connectivity index (χ0n) is 30.7. The summed E-state index contributed by atoms with van der Waals surface area (Å²) in [7, 11) is -1.72. The predicted octanol–water partition coefficient (Wildman–Crippen LogP) is 16.3. The predicted molar refractivity (Wildman–Crippen MR) is 220 cm³/mol. The van der Waals surface area contributed by atoms with Gasteiger partial charge in [-0.3, -0.25) is 0 Å². The van der Waals surface area contributed by atoms with Crippen molar-refractivity contribution >= 4 is 42.1 Å². The van der Waals surface area contributed by atoms with Crippen molar-refractivity contribution in [1.29, 1.82) is 0 Å². The molecule has 1 aromatic carbocycles. The molecule has 0 atom stereocenters. The number of halogens is 2. The summed E-state index contributed by atoms with van der Waals surface area (Å²) >= 11 is 18.8. The third-order valence-corrected chi connectivity index (χ3v) is 36.2. The second-order valence-corrected chi connectivity index (χ2v) is 30.8. The van der Waals surface area contributed by atoms with Crippen LogP contribution in [0.1, 0.15) is 198 Å². The molecule has 0 amide bonds. The average Bonchev–Trinajstić information content (AvgIpc) is 3.17. The number of rotatable bonds is 9. The van der Waals surface area contributed by atoms with Gasteiger partial charge in [0.1, 0.15) is 0 Å². The normalized spacial score (nSPS) is 28.1. The summed E-state index contributed by atoms with van der Waals surface area (Å²) in [4.78, 5) is 0. The Morgan fingerprint density at radius 1 is 0.521 bits per heavy atom. The molecule has 7 rings (SSSR count). The van der Waals surface area contributed by atoms with Crippen molar-refractivity contribution in [3.05, 3.63) is 41.0 Å². The van der Waals surface area contributed by atoms with Gasteiger partial charge in [0.2, 0.25) is 0 Å². The zero-order chi connectivity index (χ0) is 32.9. The van der Waals surface area contributed by atoms with Gasteiger partial charge in [-0.15, -0.1) is 0 Å². The second-order valence-electron chi connectivity index (χ2n) is 17.8. The molecule has 48 heavy (non-hydrogen) atoms. The van der Waals surface area contributed by atoms with Gasteiger partial charge in [-0.25, -0.2) is 0 Å². The van der Waals surface area contributed by atoms with Gasteiger partial charge < -0.3 is 0 Å². The number of hydrogen-bond acceptors (Lipinski definition) is 0. The van der Waals surface area contributed by atoms with Gasteiger partial charge in [0.05, 0.1) is 0 Å². The quantitative estimate of drug-likeness (QED) is 0.175. The molecular formula is C44H71Cl2P2+. The van der Waals surface area contributed by atoms with Crippen molar-refractivity contribution in [2.45, 2.75) is 226 Å². The molecule has 0 spiro atoms. The van der Waals surface area contributed by atoms with E-state index in [9.17, 15) is 11.2 Å². The molecule has 6 aliphatic carbocycles. The Hall–Kier alpha value is 0.400. The SMILES string of the molecule is ClC1(P(Cl)(C(=Cc2ccccc2)[P+](C2CCCCC2)(C2CCCCC2)C2CCCCC2)(C2CCCCC2)C2CCCCC2)CCCCC1. The van der Waals surface area contributed by atoms with Gasteiger partial charge in [-0.05, 0) is 0 Å². The Morgan fingerprint density at radius 3 is 1.27 bits per heavy atom. The molecule has 6 fully saturated rings. The van der Waals surface area contributed by atoms with E-state index in [0.717, 1.165) is 17.0 Å². The summed E-state index contributed by atoms with van der Waals surface area (Å²) in [5.41, 5.74) is 5.42. The van der Waals surface area contributed by atoms with E-state index in [1.165, 1.54) is 198 Å². The molecule has 6 aliphatic rings. The summed E-state index contributed by atoms with van der Waals surface area (Å²) < 4.78 is -0.223. The molecule has 0 heterocycles. The molecule has 0 radical (unpaired) electrons. The Morgan fingerprint density at radius 2 is 0.875 bits per heavy atom. The van der Waals surface area contributed by atoms with Gasteiger partial charge >= 0.3 is 309 Å². The fraction of sp³-hybridized carbons (Fsp3) is 0.818. The Bertz CT molecular complexity index is 1110. The standard InChI is InChI=1S/C44H71Cl2P2/c45-44(34-20-7-21-35-44)48(46,41-30-16-5-17-31-41,42-32-18-6-19-33-42)43(36-37-22-8-1-9-23-37)47(38-24-10-2-11-25-38,39-26-12-3-13-27-39)40-28-14-4-15-29-40/h1,8-9,22-23,36,38-42H,2-7,10-21,24-35H2/q+1. The van der Waals surface area contributed by atoms with E-state index in [2.05, 4.69) is 36.4 Å². The monoisotopic (exact) mass is 731 g/mol. The summed E-state index contributed by atoms with van der Waals surface area (Å²) in [6.07, 6.45) is 45.1. The molecule has 0 aromatic heterocycles. The molecule has 0 saturated heterocycles. The van der Waals surface area contributed by atoms with Crippen LogP contribution in [-0.2, 0) is 0 Å². The van der Waals surface area contributed by atoms with Gasteiger partial charge in [0.15, 0.2) is 0 Å². The average molecular weight is 733 g/mol. The van der Waals surface area contributed by atoms with Gasteiger partial charge in [0.25, 0.3) is 0 Å². The first-order chi connectivity index (χ1) is 23.5.